The molecule has 0 fully saturated rings. The smallest absolute Gasteiger partial charge is 0.351 e. The van der Waals surface area contributed by atoms with E-state index in [9.17, 15) is 9.59 Å². The minimum atomic E-state index is -0.436. The topological polar surface area (TPSA) is 70.5 Å². The molecule has 0 radical (unpaired) electrons. The van der Waals surface area contributed by atoms with E-state index in [2.05, 4.69) is 11.0 Å². The molecular formula is C16H14N4O3. The maximum absolute atomic E-state index is 12.6. The lowest BCUT2D eigenvalue weighted by Crippen LogP contribution is -2.24. The minimum Gasteiger partial charge on any atom is -0.494 e. The van der Waals surface area contributed by atoms with Crippen LogP contribution in [-0.2, 0) is 6.54 Å². The van der Waals surface area contributed by atoms with Gasteiger partial charge in [-0.3, -0.25) is 9.36 Å². The van der Waals surface area contributed by atoms with E-state index >= 15 is 0 Å². The van der Waals surface area contributed by atoms with Crippen LogP contribution < -0.4 is 16.0 Å². The van der Waals surface area contributed by atoms with Crippen LogP contribution in [0.1, 0.15) is 6.92 Å². The highest BCUT2D eigenvalue weighted by atomic mass is 16.5. The number of hydrogen-bond donors (Lipinski definition) is 0. The molecule has 0 unspecified atom stereocenters. The van der Waals surface area contributed by atoms with E-state index in [1.807, 2.05) is 6.92 Å². The molecule has 7 nitrogen and oxygen atoms in total. The number of benzene rings is 1. The number of rotatable bonds is 4. The summed E-state index contributed by atoms with van der Waals surface area (Å²) in [4.78, 5) is 24.6. The van der Waals surface area contributed by atoms with Gasteiger partial charge < -0.3 is 4.74 Å². The lowest BCUT2D eigenvalue weighted by atomic mass is 10.3. The first-order valence-corrected chi connectivity index (χ1v) is 7.03. The number of terminal acetylenes is 1. The second-order valence-electron chi connectivity index (χ2n) is 4.74. The molecule has 1 aromatic carbocycles. The van der Waals surface area contributed by atoms with Gasteiger partial charge in [-0.05, 0) is 31.2 Å². The summed E-state index contributed by atoms with van der Waals surface area (Å²) in [7, 11) is 0. The zero-order chi connectivity index (χ0) is 16.4. The molecule has 0 aliphatic heterocycles. The van der Waals surface area contributed by atoms with Crippen LogP contribution in [0.15, 0.2) is 46.2 Å². The molecule has 3 rings (SSSR count). The molecule has 0 N–H and O–H groups in total. The van der Waals surface area contributed by atoms with E-state index < -0.39 is 11.2 Å². The van der Waals surface area contributed by atoms with Crippen LogP contribution in [0.5, 0.6) is 5.75 Å². The number of fused-ring (bicyclic) bond motifs is 1. The molecule has 7 heteroatoms. The molecule has 0 atom stereocenters. The van der Waals surface area contributed by atoms with Crippen molar-refractivity contribution >= 4 is 5.65 Å². The number of ether oxygens (including phenoxy) is 1. The second kappa shape index (κ2) is 5.85. The van der Waals surface area contributed by atoms with Crippen molar-refractivity contribution in [3.05, 3.63) is 57.5 Å². The van der Waals surface area contributed by atoms with Crippen molar-refractivity contribution in [1.29, 1.82) is 0 Å². The van der Waals surface area contributed by atoms with Crippen molar-refractivity contribution in [1.82, 2.24) is 18.7 Å². The minimum absolute atomic E-state index is 0.0169. The van der Waals surface area contributed by atoms with Gasteiger partial charge in [0, 0.05) is 18.1 Å². The second-order valence-corrected chi connectivity index (χ2v) is 4.74. The van der Waals surface area contributed by atoms with Gasteiger partial charge in [0.1, 0.15) is 12.3 Å². The highest BCUT2D eigenvalue weighted by molar-refractivity contribution is 5.42. The Hall–Kier alpha value is -3.27. The van der Waals surface area contributed by atoms with Crippen molar-refractivity contribution in [3.63, 3.8) is 0 Å². The molecule has 0 saturated carbocycles. The van der Waals surface area contributed by atoms with E-state index in [1.54, 1.807) is 24.3 Å². The quantitative estimate of drug-likeness (QED) is 0.664. The normalized spacial score (nSPS) is 10.6. The summed E-state index contributed by atoms with van der Waals surface area (Å²) in [6.45, 7) is 2.49. The highest BCUT2D eigenvalue weighted by Gasteiger charge is 2.12. The van der Waals surface area contributed by atoms with Crippen molar-refractivity contribution in [2.45, 2.75) is 13.5 Å². The van der Waals surface area contributed by atoms with Gasteiger partial charge in [0.25, 0.3) is 0 Å². The van der Waals surface area contributed by atoms with Gasteiger partial charge in [-0.15, -0.1) is 11.5 Å². The Bertz CT molecular complexity index is 1000. The zero-order valence-electron chi connectivity index (χ0n) is 12.5. The Balaban J connectivity index is 2.12. The number of aromatic nitrogens is 4. The van der Waals surface area contributed by atoms with Crippen molar-refractivity contribution in [2.75, 3.05) is 6.61 Å². The van der Waals surface area contributed by atoms with E-state index in [-0.39, 0.29) is 12.2 Å². The van der Waals surface area contributed by atoms with E-state index in [1.165, 1.54) is 21.4 Å². The van der Waals surface area contributed by atoms with Gasteiger partial charge in [-0.1, -0.05) is 5.92 Å². The van der Waals surface area contributed by atoms with Crippen LogP contribution >= 0.6 is 0 Å². The number of hydrogen-bond acceptors (Lipinski definition) is 4. The molecule has 23 heavy (non-hydrogen) atoms. The Kier molecular flexibility index (Phi) is 3.73. The molecule has 0 amide bonds. The van der Waals surface area contributed by atoms with Gasteiger partial charge in [-0.2, -0.15) is 0 Å². The summed E-state index contributed by atoms with van der Waals surface area (Å²) < 4.78 is 9.06. The van der Waals surface area contributed by atoms with Gasteiger partial charge in [0.15, 0.2) is 0 Å². The van der Waals surface area contributed by atoms with Crippen LogP contribution in [0.25, 0.3) is 11.3 Å². The summed E-state index contributed by atoms with van der Waals surface area (Å²) in [6, 6.07) is 7.08. The lowest BCUT2D eigenvalue weighted by Gasteiger charge is -2.07. The third kappa shape index (κ3) is 2.51. The standard InChI is InChI=1S/C16H14N4O3/c1-3-9-20-16(22)19-11-10-18(15(21)14(19)17-20)12-5-7-13(8-6-12)23-4-2/h1,5-8,10-11H,4,9H2,2H3. The molecule has 0 spiro atoms. The molecule has 2 aromatic heterocycles. The summed E-state index contributed by atoms with van der Waals surface area (Å²) in [5.74, 6) is 3.06. The van der Waals surface area contributed by atoms with Crippen LogP contribution in [0, 0.1) is 12.3 Å². The molecule has 0 bridgehead atoms. The summed E-state index contributed by atoms with van der Waals surface area (Å²) in [5.41, 5.74) is -0.153. The predicted octanol–water partition coefficient (Wildman–Crippen LogP) is 0.679. The van der Waals surface area contributed by atoms with Crippen LogP contribution in [0.3, 0.4) is 0 Å². The van der Waals surface area contributed by atoms with Crippen LogP contribution in [-0.4, -0.2) is 25.4 Å². The van der Waals surface area contributed by atoms with Crippen molar-refractivity contribution in [3.8, 4) is 23.8 Å². The average molecular weight is 310 g/mol. The van der Waals surface area contributed by atoms with Crippen LogP contribution in [0.2, 0.25) is 0 Å². The van der Waals surface area contributed by atoms with Crippen molar-refractivity contribution < 1.29 is 4.74 Å². The first kappa shape index (κ1) is 14.7. The van der Waals surface area contributed by atoms with Crippen molar-refractivity contribution in [2.24, 2.45) is 0 Å². The van der Waals surface area contributed by atoms with E-state index in [0.717, 1.165) is 10.4 Å². The van der Waals surface area contributed by atoms with Gasteiger partial charge >= 0.3 is 11.2 Å². The van der Waals surface area contributed by atoms with E-state index in [4.69, 9.17) is 11.2 Å². The van der Waals surface area contributed by atoms with Gasteiger partial charge in [-0.25, -0.2) is 13.9 Å². The molecule has 116 valence electrons. The molecule has 0 aliphatic carbocycles. The average Bonchev–Trinajstić information content (AvgIpc) is 2.87. The molecule has 0 aliphatic rings. The summed E-state index contributed by atoms with van der Waals surface area (Å²) in [6.07, 6.45) is 8.21. The predicted molar refractivity (Wildman–Crippen MR) is 85.1 cm³/mol. The fourth-order valence-corrected chi connectivity index (χ4v) is 2.27. The first-order chi connectivity index (χ1) is 11.2. The highest BCUT2D eigenvalue weighted by Crippen LogP contribution is 2.14. The van der Waals surface area contributed by atoms with Crippen LogP contribution in [0.4, 0.5) is 0 Å². The number of nitrogens with zero attached hydrogens (tertiary/aromatic N) is 4. The van der Waals surface area contributed by atoms with Gasteiger partial charge in [0.2, 0.25) is 5.65 Å². The molecule has 3 aromatic rings. The Morgan fingerprint density at radius 3 is 2.61 bits per heavy atom. The first-order valence-electron chi connectivity index (χ1n) is 7.03. The van der Waals surface area contributed by atoms with Gasteiger partial charge in [0.05, 0.1) is 6.61 Å². The third-order valence-corrected chi connectivity index (χ3v) is 3.31. The molecule has 0 saturated heterocycles. The fraction of sp³-hybridized carbons (Fsp3) is 0.188. The monoisotopic (exact) mass is 310 g/mol. The molecule has 2 heterocycles. The van der Waals surface area contributed by atoms with E-state index in [0.29, 0.717) is 12.3 Å². The summed E-state index contributed by atoms with van der Waals surface area (Å²) in [5, 5.41) is 4.00. The maximum Gasteiger partial charge on any atom is 0.351 e. The molecular weight excluding hydrogens is 296 g/mol. The Morgan fingerprint density at radius 2 is 1.96 bits per heavy atom. The lowest BCUT2D eigenvalue weighted by molar-refractivity contribution is 0.340. The SMILES string of the molecule is C#CCn1nc2c(=O)n(-c3ccc(OCC)cc3)ccn2c1=O. The maximum atomic E-state index is 12.6. The summed E-state index contributed by atoms with van der Waals surface area (Å²) >= 11 is 0. The third-order valence-electron chi connectivity index (χ3n) is 3.31. The Labute approximate surface area is 131 Å². The zero-order valence-corrected chi connectivity index (χ0v) is 12.5. The largest absolute Gasteiger partial charge is 0.494 e. The Morgan fingerprint density at radius 1 is 1.22 bits per heavy atom. The fourth-order valence-electron chi connectivity index (χ4n) is 2.27.